The van der Waals surface area contributed by atoms with Crippen molar-refractivity contribution >= 4 is 76.0 Å². The molecule has 30 heavy (non-hydrogen) atoms. The maximum Gasteiger partial charge on any atom is 0.106 e. The third-order valence-corrected chi connectivity index (χ3v) is 8.52. The normalized spacial score (nSPS) is 11.5. The van der Waals surface area contributed by atoms with Crippen LogP contribution in [-0.4, -0.2) is 0 Å². The number of benzene rings is 3. The Hall–Kier alpha value is -2.24. The molecule has 0 saturated carbocycles. The molecule has 0 bridgehead atoms. The van der Waals surface area contributed by atoms with Gasteiger partial charge in [0.25, 0.3) is 0 Å². The molecule has 6 heteroatoms. The lowest BCUT2D eigenvalue weighted by molar-refractivity contribution is 1.22. The first-order valence-corrected chi connectivity index (χ1v) is 11.9. The molecule has 150 valence electrons. The molecule has 4 N–H and O–H groups in total. The molecule has 2 aromatic heterocycles. The largest absolute Gasteiger partial charge is 0.389 e. The van der Waals surface area contributed by atoms with Crippen molar-refractivity contribution in [2.24, 2.45) is 0 Å². The molecule has 5 aromatic rings. The maximum atomic E-state index is 6.76. The Morgan fingerprint density at radius 2 is 0.967 bits per heavy atom. The van der Waals surface area contributed by atoms with Gasteiger partial charge in [0.05, 0.1) is 10.0 Å². The van der Waals surface area contributed by atoms with Gasteiger partial charge in [-0.2, -0.15) is 0 Å². The molecule has 0 aliphatic heterocycles. The molecule has 5 rings (SSSR count). The van der Waals surface area contributed by atoms with E-state index in [2.05, 4.69) is 24.3 Å². The summed E-state index contributed by atoms with van der Waals surface area (Å²) in [6, 6.07) is 20.7. The van der Waals surface area contributed by atoms with Crippen LogP contribution in [0.15, 0.2) is 60.7 Å². The van der Waals surface area contributed by atoms with Crippen molar-refractivity contribution in [3.8, 4) is 0 Å². The lowest BCUT2D eigenvalue weighted by Gasteiger charge is -2.13. The summed E-state index contributed by atoms with van der Waals surface area (Å²) in [5.74, 6) is 0. The van der Waals surface area contributed by atoms with Crippen LogP contribution in [0, 0.1) is 0 Å². The fourth-order valence-electron chi connectivity index (χ4n) is 3.99. The number of halogens is 2. The standard InChI is InChI=1S/C24H18Cl2N2S2/c25-19-17-15(11-13-7-3-1-4-8-13)21-18(20(26)24(28)29-21)16(22(17)30-23(19)27)12-14-9-5-2-6-10-14/h1-10H,11-12,27-28H2. The van der Waals surface area contributed by atoms with Gasteiger partial charge in [0.2, 0.25) is 0 Å². The second kappa shape index (κ2) is 7.78. The minimum Gasteiger partial charge on any atom is -0.389 e. The van der Waals surface area contributed by atoms with Crippen LogP contribution >= 0.6 is 45.9 Å². The van der Waals surface area contributed by atoms with Crippen LogP contribution in [-0.2, 0) is 12.8 Å². The molecule has 0 aliphatic rings. The third-order valence-electron chi connectivity index (χ3n) is 5.35. The van der Waals surface area contributed by atoms with E-state index in [9.17, 15) is 0 Å². The molecule has 2 heterocycles. The van der Waals surface area contributed by atoms with Crippen LogP contribution in [0.4, 0.5) is 10.0 Å². The minimum atomic E-state index is 0.625. The predicted octanol–water partition coefficient (Wildman–Crippen LogP) is 7.77. The van der Waals surface area contributed by atoms with Crippen molar-refractivity contribution in [1.29, 1.82) is 0 Å². The summed E-state index contributed by atoms with van der Waals surface area (Å²) in [5, 5.41) is 4.58. The van der Waals surface area contributed by atoms with Crippen molar-refractivity contribution in [1.82, 2.24) is 0 Å². The van der Waals surface area contributed by atoms with Gasteiger partial charge in [0.1, 0.15) is 10.0 Å². The third kappa shape index (κ3) is 3.25. The zero-order valence-corrected chi connectivity index (χ0v) is 19.1. The number of thiophene rings is 2. The average molecular weight is 469 g/mol. The number of rotatable bonds is 4. The summed E-state index contributed by atoms with van der Waals surface area (Å²) >= 11 is 16.6. The quantitative estimate of drug-likeness (QED) is 0.283. The van der Waals surface area contributed by atoms with Gasteiger partial charge in [-0.15, -0.1) is 22.7 Å². The highest BCUT2D eigenvalue weighted by molar-refractivity contribution is 7.25. The highest BCUT2D eigenvalue weighted by atomic mass is 35.5. The number of fused-ring (bicyclic) bond motifs is 2. The van der Waals surface area contributed by atoms with Gasteiger partial charge < -0.3 is 11.5 Å². The number of nitrogen functional groups attached to an aromatic ring is 2. The molecule has 0 saturated heterocycles. The van der Waals surface area contributed by atoms with Gasteiger partial charge in [0, 0.05) is 20.2 Å². The highest BCUT2D eigenvalue weighted by Crippen LogP contribution is 2.51. The fourth-order valence-corrected chi connectivity index (χ4v) is 6.82. The Kier molecular flexibility index (Phi) is 5.11. The molecule has 0 radical (unpaired) electrons. The van der Waals surface area contributed by atoms with Crippen LogP contribution in [0.2, 0.25) is 10.0 Å². The minimum absolute atomic E-state index is 0.625. The molecule has 3 aromatic carbocycles. The van der Waals surface area contributed by atoms with Gasteiger partial charge in [-0.05, 0) is 35.1 Å². The van der Waals surface area contributed by atoms with Crippen LogP contribution in [0.3, 0.4) is 0 Å². The molecule has 0 aliphatic carbocycles. The second-order valence-corrected chi connectivity index (χ2v) is 10.1. The van der Waals surface area contributed by atoms with Gasteiger partial charge in [-0.3, -0.25) is 0 Å². The first-order valence-electron chi connectivity index (χ1n) is 9.51. The van der Waals surface area contributed by atoms with Gasteiger partial charge in [-0.1, -0.05) is 83.9 Å². The highest BCUT2D eigenvalue weighted by Gasteiger charge is 2.24. The summed E-state index contributed by atoms with van der Waals surface area (Å²) in [4.78, 5) is 0. The lowest BCUT2D eigenvalue weighted by Crippen LogP contribution is -1.95. The molecular formula is C24H18Cl2N2S2. The van der Waals surface area contributed by atoms with Gasteiger partial charge >= 0.3 is 0 Å². The van der Waals surface area contributed by atoms with Crippen LogP contribution in [0.5, 0.6) is 0 Å². The maximum absolute atomic E-state index is 6.76. The number of nitrogens with two attached hydrogens (primary N) is 2. The van der Waals surface area contributed by atoms with E-state index in [1.54, 1.807) is 0 Å². The topological polar surface area (TPSA) is 52.0 Å². The Labute approximate surface area is 192 Å². The Balaban J connectivity index is 1.86. The van der Waals surface area contributed by atoms with E-state index in [4.69, 9.17) is 34.7 Å². The number of anilines is 2. The van der Waals surface area contributed by atoms with Crippen LogP contribution in [0.25, 0.3) is 20.2 Å². The molecule has 0 spiro atoms. The Morgan fingerprint density at radius 3 is 1.33 bits per heavy atom. The Morgan fingerprint density at radius 1 is 0.600 bits per heavy atom. The summed E-state index contributed by atoms with van der Waals surface area (Å²) in [7, 11) is 0. The SMILES string of the molecule is Nc1sc2c(Cc3ccccc3)c3c(Cl)c(N)sc3c(Cc3ccccc3)c2c1Cl. The number of hydrogen-bond donors (Lipinski definition) is 2. The van der Waals surface area contributed by atoms with Gasteiger partial charge in [-0.25, -0.2) is 0 Å². The van der Waals surface area contributed by atoms with E-state index in [1.165, 1.54) is 33.8 Å². The van der Waals surface area contributed by atoms with E-state index in [1.807, 2.05) is 36.4 Å². The lowest BCUT2D eigenvalue weighted by atomic mass is 9.94. The second-order valence-electron chi connectivity index (χ2n) is 7.25. The summed E-state index contributed by atoms with van der Waals surface area (Å²) in [5.41, 5.74) is 17.3. The molecule has 0 atom stereocenters. The predicted molar refractivity (Wildman–Crippen MR) is 135 cm³/mol. The molecule has 0 unspecified atom stereocenters. The monoisotopic (exact) mass is 468 g/mol. The van der Waals surface area contributed by atoms with E-state index in [0.717, 1.165) is 44.1 Å². The van der Waals surface area contributed by atoms with E-state index >= 15 is 0 Å². The zero-order valence-electron chi connectivity index (χ0n) is 15.9. The summed E-state index contributed by atoms with van der Waals surface area (Å²) < 4.78 is 2.19. The molecule has 0 amide bonds. The smallest absolute Gasteiger partial charge is 0.106 e. The summed E-state index contributed by atoms with van der Waals surface area (Å²) in [6.07, 6.45) is 1.48. The Bertz CT molecular complexity index is 1270. The fraction of sp³-hybridized carbons (Fsp3) is 0.0833. The van der Waals surface area contributed by atoms with Crippen molar-refractivity contribution in [3.63, 3.8) is 0 Å². The van der Waals surface area contributed by atoms with Crippen molar-refractivity contribution < 1.29 is 0 Å². The van der Waals surface area contributed by atoms with E-state index < -0.39 is 0 Å². The van der Waals surface area contributed by atoms with Crippen LogP contribution in [0.1, 0.15) is 22.3 Å². The van der Waals surface area contributed by atoms with E-state index in [0.29, 0.717) is 20.0 Å². The van der Waals surface area contributed by atoms with Gasteiger partial charge in [0.15, 0.2) is 0 Å². The molecular weight excluding hydrogens is 451 g/mol. The van der Waals surface area contributed by atoms with Crippen molar-refractivity contribution in [2.75, 3.05) is 11.5 Å². The zero-order chi connectivity index (χ0) is 20.8. The first-order chi connectivity index (χ1) is 14.5. The summed E-state index contributed by atoms with van der Waals surface area (Å²) in [6.45, 7) is 0. The van der Waals surface area contributed by atoms with Crippen molar-refractivity contribution in [3.05, 3.63) is 93.0 Å². The average Bonchev–Trinajstić information content (AvgIpc) is 3.22. The first kappa shape index (κ1) is 19.7. The van der Waals surface area contributed by atoms with Crippen molar-refractivity contribution in [2.45, 2.75) is 12.8 Å². The van der Waals surface area contributed by atoms with E-state index in [-0.39, 0.29) is 0 Å². The number of hydrogen-bond acceptors (Lipinski definition) is 4. The molecule has 2 nitrogen and oxygen atoms in total. The molecule has 0 fully saturated rings. The van der Waals surface area contributed by atoms with Crippen LogP contribution < -0.4 is 11.5 Å².